The van der Waals surface area contributed by atoms with E-state index in [2.05, 4.69) is 17.3 Å². The second-order valence-electron chi connectivity index (χ2n) is 3.40. The summed E-state index contributed by atoms with van der Waals surface area (Å²) in [6, 6.07) is 18.1. The first-order valence-electron chi connectivity index (χ1n) is 5.01. The lowest BCUT2D eigenvalue weighted by Gasteiger charge is -1.96. The third-order valence-corrected chi connectivity index (χ3v) is 3.30. The van der Waals surface area contributed by atoms with Crippen molar-refractivity contribution in [3.8, 4) is 0 Å². The molecule has 0 atom stereocenters. The van der Waals surface area contributed by atoms with Crippen LogP contribution in [0.15, 0.2) is 69.0 Å². The van der Waals surface area contributed by atoms with Gasteiger partial charge in [-0.15, -0.1) is 0 Å². The second kappa shape index (κ2) is 4.02. The van der Waals surface area contributed by atoms with E-state index in [0.29, 0.717) is 0 Å². The average Bonchev–Trinajstić information content (AvgIpc) is 2.74. The molecule has 0 radical (unpaired) electrons. The van der Waals surface area contributed by atoms with Gasteiger partial charge in [-0.3, -0.25) is 0 Å². The summed E-state index contributed by atoms with van der Waals surface area (Å²) >= 11 is 1.62. The van der Waals surface area contributed by atoms with E-state index < -0.39 is 0 Å². The van der Waals surface area contributed by atoms with Gasteiger partial charge in [0.05, 0.1) is 5.39 Å². The first-order valence-corrected chi connectivity index (χ1v) is 5.82. The van der Waals surface area contributed by atoms with Crippen LogP contribution in [-0.2, 0) is 0 Å². The van der Waals surface area contributed by atoms with Gasteiger partial charge in [0, 0.05) is 4.90 Å². The van der Waals surface area contributed by atoms with Crippen molar-refractivity contribution < 1.29 is 4.52 Å². The van der Waals surface area contributed by atoms with Gasteiger partial charge in [0.25, 0.3) is 0 Å². The smallest absolute Gasteiger partial charge is 0.168 e. The third kappa shape index (κ3) is 1.70. The van der Waals surface area contributed by atoms with Crippen molar-refractivity contribution >= 4 is 22.7 Å². The highest BCUT2D eigenvalue weighted by Gasteiger charge is 2.08. The maximum absolute atomic E-state index is 5.25. The van der Waals surface area contributed by atoms with Crippen molar-refractivity contribution in [3.05, 3.63) is 54.6 Å². The summed E-state index contributed by atoms with van der Waals surface area (Å²) in [4.78, 5) is 1.17. The van der Waals surface area contributed by atoms with Crippen molar-refractivity contribution in [2.45, 2.75) is 9.92 Å². The Balaban J connectivity index is 2.01. The quantitative estimate of drug-likeness (QED) is 0.662. The van der Waals surface area contributed by atoms with Crippen molar-refractivity contribution in [2.24, 2.45) is 0 Å². The summed E-state index contributed by atoms with van der Waals surface area (Å²) in [5, 5.41) is 6.06. The van der Waals surface area contributed by atoms with Crippen LogP contribution >= 0.6 is 11.8 Å². The zero-order valence-electron chi connectivity index (χ0n) is 8.46. The molecule has 0 aliphatic heterocycles. The lowest BCUT2D eigenvalue weighted by molar-refractivity contribution is 0.437. The minimum atomic E-state index is 0.834. The van der Waals surface area contributed by atoms with Crippen molar-refractivity contribution in [1.29, 1.82) is 0 Å². The lowest BCUT2D eigenvalue weighted by atomic mass is 10.3. The van der Waals surface area contributed by atoms with Crippen LogP contribution in [0.25, 0.3) is 11.0 Å². The number of hydrogen-bond acceptors (Lipinski definition) is 3. The van der Waals surface area contributed by atoms with E-state index in [0.717, 1.165) is 16.0 Å². The normalized spacial score (nSPS) is 10.8. The van der Waals surface area contributed by atoms with Crippen molar-refractivity contribution in [1.82, 2.24) is 5.16 Å². The Morgan fingerprint density at radius 2 is 1.62 bits per heavy atom. The maximum atomic E-state index is 5.25. The summed E-state index contributed by atoms with van der Waals surface area (Å²) in [5.41, 5.74) is 0.834. The molecule has 0 N–H and O–H groups in total. The highest BCUT2D eigenvalue weighted by atomic mass is 32.2. The molecule has 0 spiro atoms. The molecule has 0 aliphatic rings. The molecule has 0 bridgehead atoms. The zero-order valence-corrected chi connectivity index (χ0v) is 9.28. The molecule has 16 heavy (non-hydrogen) atoms. The number of nitrogens with zero attached hydrogens (tertiary/aromatic N) is 1. The molecule has 0 amide bonds. The Bertz CT molecular complexity index is 603. The third-order valence-electron chi connectivity index (χ3n) is 2.30. The molecule has 3 rings (SSSR count). The van der Waals surface area contributed by atoms with Crippen LogP contribution in [0.2, 0.25) is 0 Å². The maximum Gasteiger partial charge on any atom is 0.168 e. The molecule has 0 saturated carbocycles. The Morgan fingerprint density at radius 3 is 2.50 bits per heavy atom. The van der Waals surface area contributed by atoms with E-state index in [9.17, 15) is 0 Å². The number of aromatic nitrogens is 1. The van der Waals surface area contributed by atoms with Gasteiger partial charge in [0.2, 0.25) is 0 Å². The fourth-order valence-electron chi connectivity index (χ4n) is 1.54. The molecule has 0 aliphatic carbocycles. The van der Waals surface area contributed by atoms with E-state index in [1.165, 1.54) is 4.90 Å². The predicted molar refractivity (Wildman–Crippen MR) is 64.6 cm³/mol. The van der Waals surface area contributed by atoms with E-state index in [-0.39, 0.29) is 0 Å². The van der Waals surface area contributed by atoms with Crippen LogP contribution in [0, 0.1) is 0 Å². The molecule has 3 heteroatoms. The Hall–Kier alpha value is -1.74. The van der Waals surface area contributed by atoms with Gasteiger partial charge in [0.1, 0.15) is 0 Å². The molecule has 2 aromatic carbocycles. The summed E-state index contributed by atoms with van der Waals surface area (Å²) in [6.07, 6.45) is 0. The summed E-state index contributed by atoms with van der Waals surface area (Å²) in [5.74, 6) is 0. The fourth-order valence-corrected chi connectivity index (χ4v) is 2.41. The zero-order chi connectivity index (χ0) is 10.8. The van der Waals surface area contributed by atoms with Gasteiger partial charge in [-0.25, -0.2) is 0 Å². The molecule has 0 unspecified atom stereocenters. The van der Waals surface area contributed by atoms with Crippen LogP contribution in [0.4, 0.5) is 0 Å². The summed E-state index contributed by atoms with van der Waals surface area (Å²) in [6.45, 7) is 0. The molecule has 0 fully saturated rings. The molecular formula is C13H9NOS. The fraction of sp³-hybridized carbons (Fsp3) is 0. The molecule has 78 valence electrons. The van der Waals surface area contributed by atoms with Gasteiger partial charge in [-0.2, -0.15) is 0 Å². The number of hydrogen-bond donors (Lipinski definition) is 0. The van der Waals surface area contributed by atoms with Gasteiger partial charge >= 0.3 is 0 Å². The predicted octanol–water partition coefficient (Wildman–Crippen LogP) is 3.98. The Labute approximate surface area is 97.3 Å². The van der Waals surface area contributed by atoms with E-state index in [1.807, 2.05) is 42.5 Å². The monoisotopic (exact) mass is 227 g/mol. The molecule has 2 nitrogen and oxygen atoms in total. The lowest BCUT2D eigenvalue weighted by Crippen LogP contribution is -1.72. The van der Waals surface area contributed by atoms with E-state index in [4.69, 9.17) is 4.52 Å². The molecule has 1 aromatic heterocycles. The van der Waals surface area contributed by atoms with E-state index >= 15 is 0 Å². The molecule has 3 aromatic rings. The number of benzene rings is 2. The highest BCUT2D eigenvalue weighted by Crippen LogP contribution is 2.32. The van der Waals surface area contributed by atoms with Crippen LogP contribution in [0.1, 0.15) is 0 Å². The standard InChI is InChI=1S/C13H9NOS/c1-2-6-10(7-3-1)16-13-11-8-4-5-9-12(11)15-14-13/h1-9H. The summed E-state index contributed by atoms with van der Waals surface area (Å²) < 4.78 is 5.25. The van der Waals surface area contributed by atoms with Gasteiger partial charge in [0.15, 0.2) is 10.6 Å². The first kappa shape index (κ1) is 9.48. The van der Waals surface area contributed by atoms with Crippen LogP contribution in [-0.4, -0.2) is 5.16 Å². The van der Waals surface area contributed by atoms with Gasteiger partial charge in [-0.1, -0.05) is 47.3 Å². The topological polar surface area (TPSA) is 26.0 Å². The van der Waals surface area contributed by atoms with Gasteiger partial charge < -0.3 is 4.52 Å². The van der Waals surface area contributed by atoms with E-state index in [1.54, 1.807) is 11.8 Å². The highest BCUT2D eigenvalue weighted by molar-refractivity contribution is 7.99. The van der Waals surface area contributed by atoms with Crippen LogP contribution in [0.3, 0.4) is 0 Å². The van der Waals surface area contributed by atoms with Crippen LogP contribution < -0.4 is 0 Å². The molecule has 1 heterocycles. The minimum Gasteiger partial charge on any atom is -0.355 e. The number of para-hydroxylation sites is 1. The second-order valence-corrected chi connectivity index (χ2v) is 4.46. The minimum absolute atomic E-state index is 0.834. The Morgan fingerprint density at radius 1 is 0.875 bits per heavy atom. The molecular weight excluding hydrogens is 218 g/mol. The summed E-state index contributed by atoms with van der Waals surface area (Å²) in [7, 11) is 0. The largest absolute Gasteiger partial charge is 0.355 e. The van der Waals surface area contributed by atoms with Gasteiger partial charge in [-0.05, 0) is 24.3 Å². The first-order chi connectivity index (χ1) is 7.93. The van der Waals surface area contributed by atoms with Crippen molar-refractivity contribution in [3.63, 3.8) is 0 Å². The number of fused-ring (bicyclic) bond motifs is 1. The molecule has 0 saturated heterocycles. The van der Waals surface area contributed by atoms with Crippen molar-refractivity contribution in [2.75, 3.05) is 0 Å². The Kier molecular flexibility index (Phi) is 2.38. The SMILES string of the molecule is c1ccc(Sc2noc3ccccc23)cc1. The average molecular weight is 227 g/mol. The van der Waals surface area contributed by atoms with Crippen LogP contribution in [0.5, 0.6) is 0 Å². The number of rotatable bonds is 2.